The Balaban J connectivity index is 1.82. The molecule has 0 fully saturated rings. The predicted octanol–water partition coefficient (Wildman–Crippen LogP) is 5.14. The number of benzene rings is 3. The summed E-state index contributed by atoms with van der Waals surface area (Å²) in [7, 11) is 0. The molecule has 28 heavy (non-hydrogen) atoms. The molecule has 1 N–H and O–H groups in total. The Morgan fingerprint density at radius 1 is 0.857 bits per heavy atom. The minimum Gasteiger partial charge on any atom is -0.478 e. The van der Waals surface area contributed by atoms with E-state index in [1.54, 1.807) is 36.7 Å². The van der Waals surface area contributed by atoms with Gasteiger partial charge < -0.3 is 5.11 Å². The van der Waals surface area contributed by atoms with Crippen molar-refractivity contribution in [3.05, 3.63) is 102 Å². The van der Waals surface area contributed by atoms with Gasteiger partial charge in [0.1, 0.15) is 5.82 Å². The average molecular weight is 367 g/mol. The van der Waals surface area contributed by atoms with E-state index >= 15 is 0 Å². The third-order valence-corrected chi connectivity index (χ3v) is 4.43. The number of pyridine rings is 1. The third-order valence-electron chi connectivity index (χ3n) is 4.43. The Morgan fingerprint density at radius 3 is 2.36 bits per heavy atom. The minimum atomic E-state index is -1.05. The lowest BCUT2D eigenvalue weighted by atomic mass is 9.99. The molecule has 0 saturated carbocycles. The molecule has 0 aliphatic heterocycles. The summed E-state index contributed by atoms with van der Waals surface area (Å²) in [6.07, 6.45) is 3.43. The molecule has 134 valence electrons. The Hall–Kier alpha value is -3.97. The lowest BCUT2D eigenvalue weighted by molar-refractivity contribution is 0.0696. The highest BCUT2D eigenvalue weighted by Crippen LogP contribution is 2.23. The Kier molecular flexibility index (Phi) is 4.57. The van der Waals surface area contributed by atoms with Crippen LogP contribution in [0.25, 0.3) is 21.9 Å². The smallest absolute Gasteiger partial charge is 0.336 e. The lowest BCUT2D eigenvalue weighted by Gasteiger charge is -2.05. The summed E-state index contributed by atoms with van der Waals surface area (Å²) in [5.41, 5.74) is 2.79. The molecule has 0 amide bonds. The summed E-state index contributed by atoms with van der Waals surface area (Å²) < 4.78 is 13.2. The Morgan fingerprint density at radius 2 is 1.57 bits per heavy atom. The van der Waals surface area contributed by atoms with Crippen LogP contribution in [0.15, 0.2) is 79.1 Å². The van der Waals surface area contributed by atoms with E-state index in [1.807, 2.05) is 24.3 Å². The van der Waals surface area contributed by atoms with Crippen molar-refractivity contribution in [1.82, 2.24) is 4.98 Å². The van der Waals surface area contributed by atoms with Crippen LogP contribution in [0.3, 0.4) is 0 Å². The quantitative estimate of drug-likeness (QED) is 0.499. The second-order valence-electron chi connectivity index (χ2n) is 6.23. The minimum absolute atomic E-state index is 0.117. The second-order valence-corrected chi connectivity index (χ2v) is 6.23. The Labute approximate surface area is 161 Å². The van der Waals surface area contributed by atoms with Crippen LogP contribution in [0, 0.1) is 17.7 Å². The normalized spacial score (nSPS) is 10.3. The molecule has 0 atom stereocenters. The van der Waals surface area contributed by atoms with Gasteiger partial charge in [0.25, 0.3) is 0 Å². The van der Waals surface area contributed by atoms with Crippen LogP contribution in [0.4, 0.5) is 4.39 Å². The summed E-state index contributed by atoms with van der Waals surface area (Å²) in [5, 5.41) is 11.4. The summed E-state index contributed by atoms with van der Waals surface area (Å²) in [6, 6.07) is 18.7. The molecule has 4 heteroatoms. The van der Waals surface area contributed by atoms with Gasteiger partial charge in [0.2, 0.25) is 0 Å². The van der Waals surface area contributed by atoms with E-state index in [0.717, 1.165) is 27.5 Å². The van der Waals surface area contributed by atoms with Crippen molar-refractivity contribution in [3.63, 3.8) is 0 Å². The molecular weight excluding hydrogens is 353 g/mol. The van der Waals surface area contributed by atoms with Crippen molar-refractivity contribution in [3.8, 4) is 23.0 Å². The molecule has 0 saturated heterocycles. The first kappa shape index (κ1) is 17.4. The molecule has 4 rings (SSSR count). The molecule has 1 heterocycles. The van der Waals surface area contributed by atoms with Gasteiger partial charge in [0.15, 0.2) is 0 Å². The van der Waals surface area contributed by atoms with Crippen LogP contribution in [0.1, 0.15) is 21.5 Å². The maximum absolute atomic E-state index is 13.2. The molecular formula is C24H14FNO2. The number of carbonyl (C=O) groups is 1. The highest BCUT2D eigenvalue weighted by atomic mass is 19.1. The molecule has 0 bridgehead atoms. The first-order chi connectivity index (χ1) is 13.6. The van der Waals surface area contributed by atoms with Crippen molar-refractivity contribution in [2.45, 2.75) is 0 Å². The average Bonchev–Trinajstić information content (AvgIpc) is 2.72. The van der Waals surface area contributed by atoms with Gasteiger partial charge in [-0.15, -0.1) is 0 Å². The molecule has 0 aliphatic rings. The van der Waals surface area contributed by atoms with Crippen LogP contribution in [-0.2, 0) is 0 Å². The number of nitrogens with zero attached hydrogens (tertiary/aromatic N) is 1. The van der Waals surface area contributed by atoms with Crippen LogP contribution >= 0.6 is 0 Å². The van der Waals surface area contributed by atoms with E-state index in [1.165, 1.54) is 18.2 Å². The van der Waals surface area contributed by atoms with Crippen molar-refractivity contribution < 1.29 is 14.3 Å². The van der Waals surface area contributed by atoms with Gasteiger partial charge in [-0.1, -0.05) is 54.3 Å². The molecule has 3 aromatic carbocycles. The van der Waals surface area contributed by atoms with Crippen molar-refractivity contribution in [2.24, 2.45) is 0 Å². The van der Waals surface area contributed by atoms with Crippen LogP contribution in [0.2, 0.25) is 0 Å². The number of rotatable bonds is 2. The van der Waals surface area contributed by atoms with Gasteiger partial charge in [-0.2, -0.15) is 0 Å². The van der Waals surface area contributed by atoms with E-state index < -0.39 is 5.97 Å². The van der Waals surface area contributed by atoms with Gasteiger partial charge in [-0.25, -0.2) is 9.18 Å². The van der Waals surface area contributed by atoms with E-state index in [2.05, 4.69) is 16.8 Å². The molecule has 0 unspecified atom stereocenters. The predicted molar refractivity (Wildman–Crippen MR) is 107 cm³/mol. The maximum Gasteiger partial charge on any atom is 0.336 e. The van der Waals surface area contributed by atoms with Gasteiger partial charge in [-0.3, -0.25) is 4.98 Å². The van der Waals surface area contributed by atoms with Crippen LogP contribution in [-0.4, -0.2) is 16.1 Å². The first-order valence-corrected chi connectivity index (χ1v) is 8.60. The second kappa shape index (κ2) is 7.34. The fraction of sp³-hybridized carbons (Fsp3) is 0. The van der Waals surface area contributed by atoms with Gasteiger partial charge in [-0.05, 0) is 35.4 Å². The maximum atomic E-state index is 13.2. The topological polar surface area (TPSA) is 50.2 Å². The van der Waals surface area contributed by atoms with Crippen molar-refractivity contribution in [1.29, 1.82) is 0 Å². The molecule has 1 aromatic heterocycles. The van der Waals surface area contributed by atoms with Crippen LogP contribution < -0.4 is 0 Å². The summed E-state index contributed by atoms with van der Waals surface area (Å²) in [5.74, 6) is 4.66. The lowest BCUT2D eigenvalue weighted by Crippen LogP contribution is -2.00. The zero-order valence-corrected chi connectivity index (χ0v) is 14.7. The SMILES string of the molecule is O=C(O)c1ccc(-c2ccc(F)cc2)cc1C#Cc1cncc2ccccc12. The summed E-state index contributed by atoms with van der Waals surface area (Å²) >= 11 is 0. The van der Waals surface area contributed by atoms with E-state index in [0.29, 0.717) is 5.56 Å². The largest absolute Gasteiger partial charge is 0.478 e. The number of hydrogen-bond acceptors (Lipinski definition) is 2. The molecule has 0 aliphatic carbocycles. The number of fused-ring (bicyclic) bond motifs is 1. The van der Waals surface area contributed by atoms with Crippen molar-refractivity contribution >= 4 is 16.7 Å². The molecule has 3 nitrogen and oxygen atoms in total. The van der Waals surface area contributed by atoms with Gasteiger partial charge in [0, 0.05) is 28.7 Å². The fourth-order valence-corrected chi connectivity index (χ4v) is 3.01. The Bertz CT molecular complexity index is 1250. The van der Waals surface area contributed by atoms with E-state index in [4.69, 9.17) is 0 Å². The molecule has 0 radical (unpaired) electrons. The zero-order chi connectivity index (χ0) is 19.5. The number of carboxylic acids is 1. The van der Waals surface area contributed by atoms with Gasteiger partial charge in [0.05, 0.1) is 11.1 Å². The van der Waals surface area contributed by atoms with Crippen LogP contribution in [0.5, 0.6) is 0 Å². The van der Waals surface area contributed by atoms with E-state index in [-0.39, 0.29) is 11.4 Å². The highest BCUT2D eigenvalue weighted by molar-refractivity contribution is 5.92. The first-order valence-electron chi connectivity index (χ1n) is 8.60. The fourth-order valence-electron chi connectivity index (χ4n) is 3.01. The summed E-state index contributed by atoms with van der Waals surface area (Å²) in [4.78, 5) is 15.8. The number of hydrogen-bond donors (Lipinski definition) is 1. The van der Waals surface area contributed by atoms with E-state index in [9.17, 15) is 14.3 Å². The van der Waals surface area contributed by atoms with Crippen molar-refractivity contribution in [2.75, 3.05) is 0 Å². The molecule has 4 aromatic rings. The molecule has 0 spiro atoms. The monoisotopic (exact) mass is 367 g/mol. The third kappa shape index (κ3) is 3.46. The number of halogens is 1. The zero-order valence-electron chi connectivity index (χ0n) is 14.7. The standard InChI is InChI=1S/C24H14FNO2/c25-21-10-7-16(8-11-21)17-9-12-23(24(27)28)18(13-17)5-6-20-15-26-14-19-3-1-2-4-22(19)20/h1-4,7-15H,(H,27,28). The summed E-state index contributed by atoms with van der Waals surface area (Å²) in [6.45, 7) is 0. The number of aromatic nitrogens is 1. The number of aromatic carboxylic acids is 1. The van der Waals surface area contributed by atoms with Gasteiger partial charge >= 0.3 is 5.97 Å². The number of carboxylic acid groups (broad SMARTS) is 1. The highest BCUT2D eigenvalue weighted by Gasteiger charge is 2.10.